The van der Waals surface area contributed by atoms with Crippen molar-refractivity contribution in [3.05, 3.63) is 48.2 Å². The van der Waals surface area contributed by atoms with Crippen LogP contribution in [-0.4, -0.2) is 53.4 Å². The molecule has 1 N–H and O–H groups in total. The molecule has 28 heavy (non-hydrogen) atoms. The zero-order chi connectivity index (χ0) is 19.8. The lowest BCUT2D eigenvalue weighted by atomic mass is 10.0. The summed E-state index contributed by atoms with van der Waals surface area (Å²) in [6.07, 6.45) is 6.14. The Hall–Kier alpha value is -2.18. The summed E-state index contributed by atoms with van der Waals surface area (Å²) in [6, 6.07) is 13.0. The van der Waals surface area contributed by atoms with Crippen LogP contribution in [0.25, 0.3) is 0 Å². The first-order chi connectivity index (χ1) is 13.7. The van der Waals surface area contributed by atoms with Crippen LogP contribution in [0.3, 0.4) is 0 Å². The Morgan fingerprint density at radius 1 is 1.25 bits per heavy atom. The molecule has 1 aromatic heterocycles. The van der Waals surface area contributed by atoms with Gasteiger partial charge in [0.15, 0.2) is 0 Å². The highest BCUT2D eigenvalue weighted by atomic mass is 16.5. The first-order valence-electron chi connectivity index (χ1n) is 10.3. The van der Waals surface area contributed by atoms with Crippen molar-refractivity contribution in [3.8, 4) is 0 Å². The smallest absolute Gasteiger partial charge is 0.225 e. The predicted molar refractivity (Wildman–Crippen MR) is 111 cm³/mol. The van der Waals surface area contributed by atoms with Crippen LogP contribution in [0, 0.1) is 0 Å². The molecular formula is C22H32N4O2. The van der Waals surface area contributed by atoms with E-state index in [1.165, 1.54) is 5.56 Å². The monoisotopic (exact) mass is 384 g/mol. The predicted octanol–water partition coefficient (Wildman–Crippen LogP) is 3.52. The van der Waals surface area contributed by atoms with Crippen LogP contribution < -0.4 is 5.32 Å². The number of aryl methyl sites for hydroxylation is 1. The molecule has 1 aliphatic rings. The molecule has 1 fully saturated rings. The third-order valence-corrected chi connectivity index (χ3v) is 5.53. The number of amides is 1. The maximum atomic E-state index is 12.4. The number of methoxy groups -OCH3 is 1. The molecule has 6 nitrogen and oxygen atoms in total. The molecule has 1 aromatic carbocycles. The summed E-state index contributed by atoms with van der Waals surface area (Å²) in [6.45, 7) is 5.02. The number of carbonyl (C=O) groups is 1. The van der Waals surface area contributed by atoms with E-state index in [0.717, 1.165) is 51.2 Å². The van der Waals surface area contributed by atoms with E-state index in [0.29, 0.717) is 18.5 Å². The van der Waals surface area contributed by atoms with Gasteiger partial charge in [0.05, 0.1) is 18.8 Å². The van der Waals surface area contributed by atoms with Crippen LogP contribution >= 0.6 is 0 Å². The highest BCUT2D eigenvalue weighted by Crippen LogP contribution is 2.26. The number of rotatable bonds is 9. The summed E-state index contributed by atoms with van der Waals surface area (Å²) in [5.41, 5.74) is 1.27. The quantitative estimate of drug-likeness (QED) is 0.719. The lowest BCUT2D eigenvalue weighted by molar-refractivity contribution is -0.116. The van der Waals surface area contributed by atoms with Crippen LogP contribution in [0.15, 0.2) is 42.6 Å². The third-order valence-electron chi connectivity index (χ3n) is 5.53. The standard InChI is InChI=1S/C22H32N4O2/c1-18(17-28-2)25-15-12-20(13-16-25)26-21(11-14-23-26)24-22(27)10-6-9-19-7-4-3-5-8-19/h3-5,7-8,11,14,18,20H,6,9-10,12-13,15-17H2,1-2H3,(H,24,27)/t18-/m0/s1. The molecule has 0 aliphatic carbocycles. The number of benzene rings is 1. The van der Waals surface area contributed by atoms with Crippen molar-refractivity contribution in [1.82, 2.24) is 14.7 Å². The van der Waals surface area contributed by atoms with Gasteiger partial charge >= 0.3 is 0 Å². The molecule has 0 radical (unpaired) electrons. The number of ether oxygens (including phenoxy) is 1. The minimum Gasteiger partial charge on any atom is -0.383 e. The topological polar surface area (TPSA) is 59.4 Å². The van der Waals surface area contributed by atoms with Gasteiger partial charge in [-0.3, -0.25) is 9.69 Å². The number of aromatic nitrogens is 2. The summed E-state index contributed by atoms with van der Waals surface area (Å²) in [5, 5.41) is 7.54. The number of piperidine rings is 1. The Morgan fingerprint density at radius 3 is 2.71 bits per heavy atom. The summed E-state index contributed by atoms with van der Waals surface area (Å²) < 4.78 is 7.27. The van der Waals surface area contributed by atoms with Crippen LogP contribution in [0.1, 0.15) is 44.2 Å². The summed E-state index contributed by atoms with van der Waals surface area (Å²) >= 11 is 0. The molecule has 6 heteroatoms. The van der Waals surface area contributed by atoms with Crippen LogP contribution in [0.4, 0.5) is 5.82 Å². The molecule has 1 saturated heterocycles. The fraction of sp³-hybridized carbons (Fsp3) is 0.545. The zero-order valence-electron chi connectivity index (χ0n) is 17.0. The zero-order valence-corrected chi connectivity index (χ0v) is 17.0. The van der Waals surface area contributed by atoms with Crippen LogP contribution in [0.2, 0.25) is 0 Å². The van der Waals surface area contributed by atoms with Crippen LogP contribution in [0.5, 0.6) is 0 Å². The van der Waals surface area contributed by atoms with Crippen molar-refractivity contribution in [2.75, 3.05) is 32.1 Å². The molecule has 0 unspecified atom stereocenters. The van der Waals surface area contributed by atoms with Gasteiger partial charge in [0.25, 0.3) is 0 Å². The van der Waals surface area contributed by atoms with E-state index >= 15 is 0 Å². The number of hydrogen-bond acceptors (Lipinski definition) is 4. The average molecular weight is 385 g/mol. The number of hydrogen-bond donors (Lipinski definition) is 1. The van der Waals surface area contributed by atoms with Gasteiger partial charge in [0.1, 0.15) is 5.82 Å². The van der Waals surface area contributed by atoms with Gasteiger partial charge in [-0.05, 0) is 38.2 Å². The van der Waals surface area contributed by atoms with E-state index in [1.807, 2.05) is 28.9 Å². The third kappa shape index (κ3) is 5.66. The number of likely N-dealkylation sites (tertiary alicyclic amines) is 1. The molecule has 1 aliphatic heterocycles. The van der Waals surface area contributed by atoms with Crippen molar-refractivity contribution < 1.29 is 9.53 Å². The molecule has 2 heterocycles. The minimum absolute atomic E-state index is 0.0591. The summed E-state index contributed by atoms with van der Waals surface area (Å²) in [5.74, 6) is 0.872. The van der Waals surface area contributed by atoms with E-state index in [2.05, 4.69) is 34.4 Å². The van der Waals surface area contributed by atoms with Gasteiger partial charge in [-0.15, -0.1) is 0 Å². The average Bonchev–Trinajstić information content (AvgIpc) is 3.17. The molecule has 1 atom stereocenters. The number of carbonyl (C=O) groups excluding carboxylic acids is 1. The van der Waals surface area contributed by atoms with Crippen LogP contribution in [-0.2, 0) is 16.0 Å². The summed E-state index contributed by atoms with van der Waals surface area (Å²) in [7, 11) is 1.75. The Morgan fingerprint density at radius 2 is 2.00 bits per heavy atom. The molecule has 152 valence electrons. The first-order valence-corrected chi connectivity index (χ1v) is 10.3. The van der Waals surface area contributed by atoms with Gasteiger partial charge in [0, 0.05) is 38.7 Å². The van der Waals surface area contributed by atoms with E-state index in [4.69, 9.17) is 4.74 Å². The largest absolute Gasteiger partial charge is 0.383 e. The summed E-state index contributed by atoms with van der Waals surface area (Å²) in [4.78, 5) is 14.8. The van der Waals surface area contributed by atoms with Gasteiger partial charge in [-0.25, -0.2) is 4.68 Å². The normalized spacial score (nSPS) is 16.8. The maximum absolute atomic E-state index is 12.4. The first kappa shape index (κ1) is 20.6. The Labute approximate surface area is 167 Å². The molecule has 1 amide bonds. The fourth-order valence-corrected chi connectivity index (χ4v) is 3.93. The molecule has 0 saturated carbocycles. The highest BCUT2D eigenvalue weighted by molar-refractivity contribution is 5.89. The second-order valence-electron chi connectivity index (χ2n) is 7.62. The van der Waals surface area contributed by atoms with E-state index in [9.17, 15) is 4.79 Å². The van der Waals surface area contributed by atoms with Crippen molar-refractivity contribution >= 4 is 11.7 Å². The number of anilines is 1. The Balaban J connectivity index is 1.46. The fourth-order valence-electron chi connectivity index (χ4n) is 3.93. The Kier molecular flexibility index (Phi) is 7.62. The second kappa shape index (κ2) is 10.4. The van der Waals surface area contributed by atoms with Gasteiger partial charge in [0.2, 0.25) is 5.91 Å². The van der Waals surface area contributed by atoms with Crippen molar-refractivity contribution in [1.29, 1.82) is 0 Å². The number of nitrogens with one attached hydrogen (secondary N) is 1. The second-order valence-corrected chi connectivity index (χ2v) is 7.62. The molecule has 0 bridgehead atoms. The van der Waals surface area contributed by atoms with Gasteiger partial charge < -0.3 is 10.1 Å². The molecule has 3 rings (SSSR count). The van der Waals surface area contributed by atoms with E-state index < -0.39 is 0 Å². The van der Waals surface area contributed by atoms with Crippen molar-refractivity contribution in [2.45, 2.75) is 51.1 Å². The van der Waals surface area contributed by atoms with E-state index in [1.54, 1.807) is 13.3 Å². The lowest BCUT2D eigenvalue weighted by Gasteiger charge is -2.36. The van der Waals surface area contributed by atoms with Crippen molar-refractivity contribution in [2.24, 2.45) is 0 Å². The SMILES string of the molecule is COC[C@H](C)N1CCC(n2nccc2NC(=O)CCCc2ccccc2)CC1. The lowest BCUT2D eigenvalue weighted by Crippen LogP contribution is -2.42. The molecule has 0 spiro atoms. The van der Waals surface area contributed by atoms with E-state index in [-0.39, 0.29) is 5.91 Å². The number of nitrogens with zero attached hydrogens (tertiary/aromatic N) is 3. The molecule has 2 aromatic rings. The van der Waals surface area contributed by atoms with Gasteiger partial charge in [-0.1, -0.05) is 30.3 Å². The minimum atomic E-state index is 0.0591. The van der Waals surface area contributed by atoms with Crippen molar-refractivity contribution in [3.63, 3.8) is 0 Å². The maximum Gasteiger partial charge on any atom is 0.225 e. The Bertz CT molecular complexity index is 723. The highest BCUT2D eigenvalue weighted by Gasteiger charge is 2.25. The molecular weight excluding hydrogens is 352 g/mol. The van der Waals surface area contributed by atoms with Gasteiger partial charge in [-0.2, -0.15) is 5.10 Å².